The zero-order valence-corrected chi connectivity index (χ0v) is 29.1. The molecule has 254 valence electrons. The van der Waals surface area contributed by atoms with Crippen molar-refractivity contribution in [2.45, 2.75) is 43.6 Å². The number of aromatic amines is 1. The average molecular weight is 717 g/mol. The quantitative estimate of drug-likeness (QED) is 0.0858. The molecule has 2 aromatic carbocycles. The van der Waals surface area contributed by atoms with E-state index in [2.05, 4.69) is 20.5 Å². The first-order valence-corrected chi connectivity index (χ1v) is 18.9. The number of aromatic nitrogens is 1. The molecule has 3 saturated carbocycles. The summed E-state index contributed by atoms with van der Waals surface area (Å²) in [5, 5.41) is 31.8. The van der Waals surface area contributed by atoms with Crippen LogP contribution in [0.5, 0.6) is 5.75 Å². The van der Waals surface area contributed by atoms with E-state index in [4.69, 9.17) is 4.74 Å². The van der Waals surface area contributed by atoms with Gasteiger partial charge in [0, 0.05) is 35.5 Å². The van der Waals surface area contributed by atoms with E-state index in [0.29, 0.717) is 34.8 Å². The van der Waals surface area contributed by atoms with Gasteiger partial charge in [0.2, 0.25) is 11.5 Å². The Morgan fingerprint density at radius 2 is 1.82 bits per heavy atom. The topological polar surface area (TPSA) is 144 Å². The largest absolute Gasteiger partial charge is 0.506 e. The zero-order valence-electron chi connectivity index (χ0n) is 26.7. The molecule has 1 spiro atoms. The average Bonchev–Trinajstić information content (AvgIpc) is 3.62. The Labute approximate surface area is 294 Å². The summed E-state index contributed by atoms with van der Waals surface area (Å²) in [5.41, 5.74) is 1.58. The number of amides is 1. The number of thiazole rings is 1. The highest BCUT2D eigenvalue weighted by Crippen LogP contribution is 2.82. The molecule has 5 N–H and O–H groups in total. The number of hydrogen-bond donors (Lipinski definition) is 5. The van der Waals surface area contributed by atoms with Crippen molar-refractivity contribution >= 4 is 61.8 Å². The van der Waals surface area contributed by atoms with E-state index in [0.717, 1.165) is 45.7 Å². The fourth-order valence-corrected chi connectivity index (χ4v) is 10.9. The van der Waals surface area contributed by atoms with Crippen LogP contribution >= 0.6 is 34.0 Å². The summed E-state index contributed by atoms with van der Waals surface area (Å²) in [6.45, 7) is 1.58. The van der Waals surface area contributed by atoms with Crippen molar-refractivity contribution in [2.75, 3.05) is 25.5 Å². The van der Waals surface area contributed by atoms with Crippen LogP contribution in [0.4, 0.5) is 5.69 Å². The minimum Gasteiger partial charge on any atom is -0.506 e. The van der Waals surface area contributed by atoms with Gasteiger partial charge in [-0.2, -0.15) is 0 Å². The van der Waals surface area contributed by atoms with E-state index in [1.54, 1.807) is 18.2 Å². The molecule has 8 rings (SSSR count). The number of anilines is 1. The number of esters is 1. The van der Waals surface area contributed by atoms with Gasteiger partial charge in [-0.3, -0.25) is 14.5 Å². The van der Waals surface area contributed by atoms with E-state index < -0.39 is 11.6 Å². The highest BCUT2D eigenvalue weighted by Gasteiger charge is 2.86. The summed E-state index contributed by atoms with van der Waals surface area (Å²) in [7, 11) is 1.97. The van der Waals surface area contributed by atoms with Crippen LogP contribution in [0.15, 0.2) is 76.2 Å². The number of thiophene rings is 2. The van der Waals surface area contributed by atoms with Crippen LogP contribution in [0.1, 0.15) is 33.7 Å². The van der Waals surface area contributed by atoms with Crippen molar-refractivity contribution in [3.05, 3.63) is 102 Å². The van der Waals surface area contributed by atoms with Crippen molar-refractivity contribution in [3.8, 4) is 5.75 Å². The second-order valence-corrected chi connectivity index (χ2v) is 16.2. The van der Waals surface area contributed by atoms with E-state index in [1.165, 1.54) is 22.7 Å². The lowest BCUT2D eigenvalue weighted by Gasteiger charge is -2.52. The van der Waals surface area contributed by atoms with Crippen LogP contribution in [0.25, 0.3) is 10.2 Å². The number of carbonyl (C=O) groups excluding carboxylic acids is 2. The van der Waals surface area contributed by atoms with Gasteiger partial charge in [-0.1, -0.05) is 41.7 Å². The highest BCUT2D eigenvalue weighted by molar-refractivity contribution is 7.16. The summed E-state index contributed by atoms with van der Waals surface area (Å²) in [5.74, 6) is -0.212. The van der Waals surface area contributed by atoms with E-state index in [1.807, 2.05) is 60.3 Å². The van der Waals surface area contributed by atoms with Crippen LogP contribution in [-0.4, -0.2) is 64.3 Å². The summed E-state index contributed by atoms with van der Waals surface area (Å²) >= 11 is 3.78. The number of aromatic hydroxyl groups is 1. The van der Waals surface area contributed by atoms with E-state index >= 15 is 0 Å². The lowest BCUT2D eigenvalue weighted by atomic mass is 9.56. The molecule has 5 unspecified atom stereocenters. The minimum atomic E-state index is -1.82. The molecular weight excluding hydrogens is 681 g/mol. The Bertz CT molecular complexity index is 2020. The molecule has 0 saturated heterocycles. The molecule has 5 atom stereocenters. The molecule has 0 bridgehead atoms. The second-order valence-electron chi connectivity index (χ2n) is 13.3. The number of hydrogen-bond acceptors (Lipinski definition) is 11. The number of fused-ring (bicyclic) bond motifs is 1. The molecule has 0 radical (unpaired) electrons. The second kappa shape index (κ2) is 12.5. The molecule has 10 nitrogen and oxygen atoms in total. The number of likely N-dealkylation sites (N-methyl/N-ethyl adjacent to an activating group) is 1. The Kier molecular flexibility index (Phi) is 8.24. The lowest BCUT2D eigenvalue weighted by molar-refractivity contribution is -0.192. The zero-order chi connectivity index (χ0) is 33.9. The van der Waals surface area contributed by atoms with Crippen molar-refractivity contribution in [1.29, 1.82) is 0 Å². The molecule has 13 heteroatoms. The van der Waals surface area contributed by atoms with Crippen LogP contribution < -0.4 is 15.5 Å². The normalized spacial score (nSPS) is 23.7. The van der Waals surface area contributed by atoms with Crippen molar-refractivity contribution in [3.63, 3.8) is 0 Å². The van der Waals surface area contributed by atoms with Crippen LogP contribution in [0.2, 0.25) is 0 Å². The Balaban J connectivity index is 0.822. The molecule has 3 aromatic heterocycles. The van der Waals surface area contributed by atoms with Crippen molar-refractivity contribution < 1.29 is 24.5 Å². The van der Waals surface area contributed by atoms with Gasteiger partial charge in [-0.25, -0.2) is 4.79 Å². The molecule has 3 fully saturated rings. The first-order valence-electron chi connectivity index (χ1n) is 16.3. The molecule has 5 aromatic rings. The standard InChI is InChI=1S/C36H36N4O6S3/c1-40(32-28-30(23-12-14-35(23,28)32)46-33(43)36(45,25-4-2-16-47-25)26-5-3-17-48-26)19-27(42)38-22-9-6-20(7-10-22)18-37-15-13-21-8-11-24(41)29-31(21)49-34(44)39-29/h2-11,16-17,23,28,30,32,37,41,45H,12-15,18-19H2,1H3,(H,38,42)(H,39,44). The minimum absolute atomic E-state index is 0.0804. The van der Waals surface area contributed by atoms with Crippen LogP contribution in [-0.2, 0) is 32.9 Å². The van der Waals surface area contributed by atoms with Crippen molar-refractivity contribution in [2.24, 2.45) is 17.3 Å². The summed E-state index contributed by atoms with van der Waals surface area (Å²) in [4.78, 5) is 44.2. The van der Waals surface area contributed by atoms with Crippen LogP contribution in [0.3, 0.4) is 0 Å². The maximum atomic E-state index is 13.6. The Morgan fingerprint density at radius 3 is 2.47 bits per heavy atom. The SMILES string of the molecule is CN(CC(=O)Nc1ccc(CNCCc2ccc(O)c3[nH]c(=O)sc23)cc1)C1C2C(OC(=O)C(O)(c3cccs3)c3cccs3)C3CCC321. The molecule has 3 heterocycles. The number of phenolic OH excluding ortho intramolecular Hbond substituents is 1. The predicted molar refractivity (Wildman–Crippen MR) is 191 cm³/mol. The first-order chi connectivity index (χ1) is 23.7. The summed E-state index contributed by atoms with van der Waals surface area (Å²) < 4.78 is 6.91. The first kappa shape index (κ1) is 32.4. The third-order valence-electron chi connectivity index (χ3n) is 10.7. The molecule has 1 amide bonds. The third kappa shape index (κ3) is 5.43. The predicted octanol–water partition coefficient (Wildman–Crippen LogP) is 4.88. The number of rotatable bonds is 13. The number of ether oxygens (including phenoxy) is 1. The van der Waals surface area contributed by atoms with Gasteiger partial charge < -0.3 is 30.6 Å². The number of nitrogens with zero attached hydrogens (tertiary/aromatic N) is 1. The summed E-state index contributed by atoms with van der Waals surface area (Å²) in [6.07, 6.45) is 2.51. The van der Waals surface area contributed by atoms with Gasteiger partial charge in [-0.15, -0.1) is 22.7 Å². The Morgan fingerprint density at radius 1 is 1.08 bits per heavy atom. The van der Waals surface area contributed by atoms with E-state index in [9.17, 15) is 24.6 Å². The van der Waals surface area contributed by atoms with Crippen molar-refractivity contribution in [1.82, 2.24) is 15.2 Å². The van der Waals surface area contributed by atoms with E-state index in [-0.39, 0.29) is 52.5 Å². The number of carbonyl (C=O) groups is 2. The summed E-state index contributed by atoms with van der Waals surface area (Å²) in [6, 6.07) is 18.6. The smallest absolute Gasteiger partial charge is 0.349 e. The molecule has 3 aliphatic carbocycles. The molecule has 3 aliphatic rings. The fraction of sp³-hybridized carbons (Fsp3) is 0.361. The van der Waals surface area contributed by atoms with Crippen LogP contribution in [0, 0.1) is 17.3 Å². The van der Waals surface area contributed by atoms with Gasteiger partial charge >= 0.3 is 10.8 Å². The monoisotopic (exact) mass is 716 g/mol. The van der Waals surface area contributed by atoms with Gasteiger partial charge in [0.1, 0.15) is 17.4 Å². The van der Waals surface area contributed by atoms with Gasteiger partial charge in [0.15, 0.2) is 0 Å². The van der Waals surface area contributed by atoms with Gasteiger partial charge in [-0.05, 0) is 85.1 Å². The molecule has 49 heavy (non-hydrogen) atoms. The number of benzene rings is 2. The maximum Gasteiger partial charge on any atom is 0.349 e. The van der Waals surface area contributed by atoms with Gasteiger partial charge in [0.25, 0.3) is 0 Å². The Hall–Kier alpha value is -3.85. The number of nitrogens with one attached hydrogen (secondary N) is 3. The number of aliphatic hydroxyl groups is 1. The maximum absolute atomic E-state index is 13.6. The highest BCUT2D eigenvalue weighted by atomic mass is 32.1. The third-order valence-corrected chi connectivity index (χ3v) is 13.6. The molecule has 0 aliphatic heterocycles. The number of phenols is 1. The number of H-pyrrole nitrogens is 1. The molecular formula is C36H36N4O6S3. The fourth-order valence-electron chi connectivity index (χ4n) is 8.28. The lowest BCUT2D eigenvalue weighted by Crippen LogP contribution is -2.54. The van der Waals surface area contributed by atoms with Gasteiger partial charge in [0.05, 0.1) is 21.0 Å².